The van der Waals surface area contributed by atoms with E-state index in [-0.39, 0.29) is 5.92 Å². The largest absolute Gasteiger partial charge is 0.481 e. The predicted octanol–water partition coefficient (Wildman–Crippen LogP) is 2.65. The van der Waals surface area contributed by atoms with E-state index >= 15 is 0 Å². The molecular formula is C13H25NO2. The van der Waals surface area contributed by atoms with E-state index < -0.39 is 5.97 Å². The summed E-state index contributed by atoms with van der Waals surface area (Å²) in [5, 5.41) is 12.6. The van der Waals surface area contributed by atoms with E-state index in [1.807, 2.05) is 0 Å². The van der Waals surface area contributed by atoms with Crippen molar-refractivity contribution in [2.75, 3.05) is 0 Å². The molecule has 3 heteroatoms. The molecule has 1 atom stereocenters. The molecule has 0 aliphatic heterocycles. The zero-order valence-electron chi connectivity index (χ0n) is 10.7. The van der Waals surface area contributed by atoms with Gasteiger partial charge < -0.3 is 10.4 Å². The molecule has 0 aromatic rings. The Labute approximate surface area is 98.6 Å². The molecule has 2 N–H and O–H groups in total. The zero-order chi connectivity index (χ0) is 12.1. The monoisotopic (exact) mass is 227 g/mol. The van der Waals surface area contributed by atoms with Crippen LogP contribution in [-0.2, 0) is 4.79 Å². The standard InChI is InChI=1S/C13H25NO2/c1-4-12(9(2)3)14-11-7-5-10(6-8-11)13(15)16/h9-12,14H,4-8H2,1-3H3,(H,15,16). The molecule has 0 aromatic carbocycles. The Morgan fingerprint density at radius 3 is 2.25 bits per heavy atom. The second kappa shape index (κ2) is 6.24. The fraction of sp³-hybridized carbons (Fsp3) is 0.923. The fourth-order valence-corrected chi connectivity index (χ4v) is 2.59. The lowest BCUT2D eigenvalue weighted by Gasteiger charge is -2.32. The molecule has 0 bridgehead atoms. The second-order valence-corrected chi connectivity index (χ2v) is 5.31. The van der Waals surface area contributed by atoms with Crippen molar-refractivity contribution in [2.24, 2.45) is 11.8 Å². The number of nitrogens with one attached hydrogen (secondary N) is 1. The van der Waals surface area contributed by atoms with Gasteiger partial charge in [0, 0.05) is 12.1 Å². The van der Waals surface area contributed by atoms with Gasteiger partial charge in [0.1, 0.15) is 0 Å². The lowest BCUT2D eigenvalue weighted by molar-refractivity contribution is -0.142. The summed E-state index contributed by atoms with van der Waals surface area (Å²) in [6.07, 6.45) is 4.85. The quantitative estimate of drug-likeness (QED) is 0.759. The van der Waals surface area contributed by atoms with Crippen LogP contribution in [0.15, 0.2) is 0 Å². The van der Waals surface area contributed by atoms with E-state index in [1.54, 1.807) is 0 Å². The third kappa shape index (κ3) is 3.78. The van der Waals surface area contributed by atoms with Crippen molar-refractivity contribution in [1.82, 2.24) is 5.32 Å². The molecule has 1 saturated carbocycles. The van der Waals surface area contributed by atoms with Crippen LogP contribution in [0.25, 0.3) is 0 Å². The maximum absolute atomic E-state index is 10.8. The third-order valence-electron chi connectivity index (χ3n) is 3.77. The highest BCUT2D eigenvalue weighted by Gasteiger charge is 2.27. The van der Waals surface area contributed by atoms with Crippen molar-refractivity contribution in [3.05, 3.63) is 0 Å². The Morgan fingerprint density at radius 2 is 1.88 bits per heavy atom. The fourth-order valence-electron chi connectivity index (χ4n) is 2.59. The number of carbonyl (C=O) groups is 1. The first kappa shape index (κ1) is 13.5. The van der Waals surface area contributed by atoms with Crippen LogP contribution < -0.4 is 5.32 Å². The highest BCUT2D eigenvalue weighted by atomic mass is 16.4. The van der Waals surface area contributed by atoms with Gasteiger partial charge in [-0.25, -0.2) is 0 Å². The Hall–Kier alpha value is -0.570. The Morgan fingerprint density at radius 1 is 1.31 bits per heavy atom. The summed E-state index contributed by atoms with van der Waals surface area (Å²) < 4.78 is 0. The van der Waals surface area contributed by atoms with E-state index in [1.165, 1.54) is 0 Å². The highest BCUT2D eigenvalue weighted by molar-refractivity contribution is 5.70. The van der Waals surface area contributed by atoms with Gasteiger partial charge in [0.15, 0.2) is 0 Å². The van der Waals surface area contributed by atoms with Crippen molar-refractivity contribution >= 4 is 5.97 Å². The van der Waals surface area contributed by atoms with Gasteiger partial charge in [0.25, 0.3) is 0 Å². The number of hydrogen-bond acceptors (Lipinski definition) is 2. The first-order valence-electron chi connectivity index (χ1n) is 6.53. The molecule has 1 rings (SSSR count). The van der Waals surface area contributed by atoms with Crippen LogP contribution in [-0.4, -0.2) is 23.2 Å². The van der Waals surface area contributed by atoms with Crippen molar-refractivity contribution in [3.8, 4) is 0 Å². The second-order valence-electron chi connectivity index (χ2n) is 5.31. The van der Waals surface area contributed by atoms with Crippen LogP contribution in [0.4, 0.5) is 0 Å². The van der Waals surface area contributed by atoms with E-state index in [4.69, 9.17) is 5.11 Å². The highest BCUT2D eigenvalue weighted by Crippen LogP contribution is 2.25. The lowest BCUT2D eigenvalue weighted by atomic mass is 9.85. The molecule has 0 radical (unpaired) electrons. The summed E-state index contributed by atoms with van der Waals surface area (Å²) in [7, 11) is 0. The van der Waals surface area contributed by atoms with Gasteiger partial charge >= 0.3 is 5.97 Å². The molecule has 1 unspecified atom stereocenters. The topological polar surface area (TPSA) is 49.3 Å². The van der Waals surface area contributed by atoms with E-state index in [0.29, 0.717) is 18.0 Å². The molecule has 1 fully saturated rings. The van der Waals surface area contributed by atoms with E-state index in [2.05, 4.69) is 26.1 Å². The van der Waals surface area contributed by atoms with Crippen LogP contribution in [0.2, 0.25) is 0 Å². The van der Waals surface area contributed by atoms with Gasteiger partial charge in [0.05, 0.1) is 5.92 Å². The maximum Gasteiger partial charge on any atom is 0.306 e. The van der Waals surface area contributed by atoms with Crippen molar-refractivity contribution in [1.29, 1.82) is 0 Å². The molecule has 1 aliphatic rings. The minimum Gasteiger partial charge on any atom is -0.481 e. The van der Waals surface area contributed by atoms with Crippen LogP contribution in [0.1, 0.15) is 52.9 Å². The summed E-state index contributed by atoms with van der Waals surface area (Å²) >= 11 is 0. The molecule has 1 aliphatic carbocycles. The van der Waals surface area contributed by atoms with Gasteiger partial charge in [-0.05, 0) is 38.0 Å². The van der Waals surface area contributed by atoms with E-state index in [9.17, 15) is 4.79 Å². The van der Waals surface area contributed by atoms with Crippen LogP contribution in [0.3, 0.4) is 0 Å². The summed E-state index contributed by atoms with van der Waals surface area (Å²) in [5.41, 5.74) is 0. The summed E-state index contributed by atoms with van der Waals surface area (Å²) in [4.78, 5) is 10.8. The average Bonchev–Trinajstić information content (AvgIpc) is 2.26. The molecule has 0 saturated heterocycles. The molecule has 0 heterocycles. The number of aliphatic carboxylic acids is 1. The van der Waals surface area contributed by atoms with Gasteiger partial charge in [-0.1, -0.05) is 20.8 Å². The molecule has 3 nitrogen and oxygen atoms in total. The number of hydrogen-bond donors (Lipinski definition) is 2. The van der Waals surface area contributed by atoms with Crippen LogP contribution in [0.5, 0.6) is 0 Å². The lowest BCUT2D eigenvalue weighted by Crippen LogP contribution is -2.43. The minimum atomic E-state index is -0.616. The molecule has 16 heavy (non-hydrogen) atoms. The number of carboxylic acid groups (broad SMARTS) is 1. The maximum atomic E-state index is 10.8. The molecular weight excluding hydrogens is 202 g/mol. The average molecular weight is 227 g/mol. The summed E-state index contributed by atoms with van der Waals surface area (Å²) in [6, 6.07) is 1.11. The van der Waals surface area contributed by atoms with Crippen molar-refractivity contribution in [3.63, 3.8) is 0 Å². The zero-order valence-corrected chi connectivity index (χ0v) is 10.7. The first-order chi connectivity index (χ1) is 7.54. The Kier molecular flexibility index (Phi) is 5.26. The van der Waals surface area contributed by atoms with Gasteiger partial charge in [-0.2, -0.15) is 0 Å². The number of rotatable bonds is 5. The normalized spacial score (nSPS) is 28.0. The SMILES string of the molecule is CCC(NC1CCC(C(=O)O)CC1)C(C)C. The minimum absolute atomic E-state index is 0.0998. The van der Waals surface area contributed by atoms with Crippen LogP contribution in [0, 0.1) is 11.8 Å². The van der Waals surface area contributed by atoms with Crippen molar-refractivity contribution in [2.45, 2.75) is 65.0 Å². The van der Waals surface area contributed by atoms with Gasteiger partial charge in [0.2, 0.25) is 0 Å². The van der Waals surface area contributed by atoms with Gasteiger partial charge in [-0.15, -0.1) is 0 Å². The summed E-state index contributed by atoms with van der Waals surface area (Å²) in [5.74, 6) is -0.0614. The smallest absolute Gasteiger partial charge is 0.306 e. The Bertz CT molecular complexity index is 220. The molecule has 0 amide bonds. The first-order valence-corrected chi connectivity index (χ1v) is 6.53. The van der Waals surface area contributed by atoms with Gasteiger partial charge in [-0.3, -0.25) is 4.79 Å². The summed E-state index contributed by atoms with van der Waals surface area (Å²) in [6.45, 7) is 6.69. The van der Waals surface area contributed by atoms with E-state index in [0.717, 1.165) is 32.1 Å². The molecule has 0 aromatic heterocycles. The molecule has 94 valence electrons. The van der Waals surface area contributed by atoms with Crippen LogP contribution >= 0.6 is 0 Å². The Balaban J connectivity index is 2.33. The molecule has 0 spiro atoms. The van der Waals surface area contributed by atoms with Crippen molar-refractivity contribution < 1.29 is 9.90 Å². The predicted molar refractivity (Wildman–Crippen MR) is 65.4 cm³/mol. The third-order valence-corrected chi connectivity index (χ3v) is 3.77. The number of carboxylic acids is 1.